The zero-order valence-corrected chi connectivity index (χ0v) is 12.5. The molecule has 9 heteroatoms. The van der Waals surface area contributed by atoms with E-state index in [0.29, 0.717) is 0 Å². The third-order valence-corrected chi connectivity index (χ3v) is 4.16. The van der Waals surface area contributed by atoms with Gasteiger partial charge in [-0.15, -0.1) is 0 Å². The van der Waals surface area contributed by atoms with E-state index in [1.807, 2.05) is 0 Å². The Morgan fingerprint density at radius 1 is 1.12 bits per heavy atom. The van der Waals surface area contributed by atoms with Crippen LogP contribution in [-0.4, -0.2) is 54.1 Å². The zero-order valence-electron chi connectivity index (χ0n) is 12.5. The molecule has 128 valence electrons. The molecule has 0 aromatic heterocycles. The Balaban J connectivity index is 1.79. The summed E-state index contributed by atoms with van der Waals surface area (Å²) >= 11 is 0. The van der Waals surface area contributed by atoms with Gasteiger partial charge >= 0.3 is 12.1 Å². The number of benzene rings is 1. The van der Waals surface area contributed by atoms with Crippen molar-refractivity contribution < 1.29 is 32.4 Å². The number of likely N-dealkylation sites (tertiary alicyclic amines) is 1. The van der Waals surface area contributed by atoms with Crippen molar-refractivity contribution in [1.29, 1.82) is 0 Å². The molecule has 1 aromatic rings. The van der Waals surface area contributed by atoms with Crippen molar-refractivity contribution in [3.8, 4) is 0 Å². The molecule has 0 bridgehead atoms. The standard InChI is InChI=1S/C15H13F3N2O4/c1-19-6-10(11(7-19)15(16,17)18)14(23)24-20-12(21)8-4-2-3-5-9(8)13(20)22/h2-5,10-11H,6-7H2,1H3. The molecule has 3 rings (SSSR count). The minimum atomic E-state index is -4.57. The van der Waals surface area contributed by atoms with Gasteiger partial charge in [0.25, 0.3) is 11.8 Å². The van der Waals surface area contributed by atoms with E-state index in [-0.39, 0.29) is 29.3 Å². The van der Waals surface area contributed by atoms with Gasteiger partial charge in [0.05, 0.1) is 23.0 Å². The van der Waals surface area contributed by atoms with Crippen molar-refractivity contribution in [2.75, 3.05) is 20.1 Å². The fourth-order valence-corrected chi connectivity index (χ4v) is 2.98. The molecule has 2 unspecified atom stereocenters. The number of fused-ring (bicyclic) bond motifs is 1. The number of rotatable bonds is 2. The van der Waals surface area contributed by atoms with Gasteiger partial charge in [-0.1, -0.05) is 17.2 Å². The summed E-state index contributed by atoms with van der Waals surface area (Å²) in [5.41, 5.74) is 0.0948. The molecule has 24 heavy (non-hydrogen) atoms. The minimum Gasteiger partial charge on any atom is -0.329 e. The van der Waals surface area contributed by atoms with Crippen LogP contribution in [0.4, 0.5) is 13.2 Å². The monoisotopic (exact) mass is 342 g/mol. The van der Waals surface area contributed by atoms with Gasteiger partial charge in [-0.25, -0.2) is 4.79 Å². The maximum Gasteiger partial charge on any atom is 0.393 e. The van der Waals surface area contributed by atoms with E-state index in [9.17, 15) is 27.6 Å². The van der Waals surface area contributed by atoms with E-state index in [1.54, 1.807) is 0 Å². The second-order valence-electron chi connectivity index (χ2n) is 5.84. The Morgan fingerprint density at radius 2 is 1.67 bits per heavy atom. The van der Waals surface area contributed by atoms with Gasteiger partial charge in [0, 0.05) is 13.1 Å². The molecule has 2 aliphatic heterocycles. The summed E-state index contributed by atoms with van der Waals surface area (Å²) in [7, 11) is 1.45. The van der Waals surface area contributed by atoms with Crippen molar-refractivity contribution >= 4 is 17.8 Å². The molecule has 0 aliphatic carbocycles. The molecule has 2 amide bonds. The molecule has 2 atom stereocenters. The summed E-state index contributed by atoms with van der Waals surface area (Å²) in [5, 5.41) is 0.235. The molecular weight excluding hydrogens is 329 g/mol. The Bertz CT molecular complexity index is 684. The number of amides is 2. The lowest BCUT2D eigenvalue weighted by molar-refractivity contribution is -0.200. The van der Waals surface area contributed by atoms with E-state index < -0.39 is 35.8 Å². The molecular formula is C15H13F3N2O4. The topological polar surface area (TPSA) is 66.9 Å². The first-order valence-electron chi connectivity index (χ1n) is 7.15. The van der Waals surface area contributed by atoms with Crippen molar-refractivity contribution in [3.05, 3.63) is 35.4 Å². The third-order valence-electron chi connectivity index (χ3n) is 4.16. The number of carbonyl (C=O) groups is 3. The Hall–Kier alpha value is -2.42. The lowest BCUT2D eigenvalue weighted by Gasteiger charge is -2.21. The maximum absolute atomic E-state index is 13.0. The summed E-state index contributed by atoms with van der Waals surface area (Å²) in [6, 6.07) is 5.82. The summed E-state index contributed by atoms with van der Waals surface area (Å²) in [4.78, 5) is 42.4. The third kappa shape index (κ3) is 2.64. The normalized spacial score (nSPS) is 24.4. The number of hydrogen-bond donors (Lipinski definition) is 0. The zero-order chi connectivity index (χ0) is 17.6. The van der Waals surface area contributed by atoms with Gasteiger partial charge < -0.3 is 9.74 Å². The van der Waals surface area contributed by atoms with Gasteiger partial charge in [-0.2, -0.15) is 13.2 Å². The van der Waals surface area contributed by atoms with E-state index in [1.165, 1.54) is 36.2 Å². The van der Waals surface area contributed by atoms with Gasteiger partial charge in [0.2, 0.25) is 0 Å². The van der Waals surface area contributed by atoms with Crippen molar-refractivity contribution in [1.82, 2.24) is 9.96 Å². The Labute approximate surface area is 134 Å². The van der Waals surface area contributed by atoms with Gasteiger partial charge in [-0.05, 0) is 19.2 Å². The Morgan fingerprint density at radius 3 is 2.17 bits per heavy atom. The van der Waals surface area contributed by atoms with Crippen LogP contribution in [0, 0.1) is 11.8 Å². The van der Waals surface area contributed by atoms with E-state index in [0.717, 1.165) is 0 Å². The molecule has 1 aromatic carbocycles. The molecule has 0 N–H and O–H groups in total. The first-order chi connectivity index (χ1) is 11.2. The number of imide groups is 1. The Kier molecular flexibility index (Phi) is 3.83. The summed E-state index contributed by atoms with van der Waals surface area (Å²) in [6.07, 6.45) is -4.57. The predicted molar refractivity (Wildman–Crippen MR) is 73.6 cm³/mol. The summed E-state index contributed by atoms with van der Waals surface area (Å²) in [5.74, 6) is -6.35. The number of nitrogens with zero attached hydrogens (tertiary/aromatic N) is 2. The van der Waals surface area contributed by atoms with Crippen LogP contribution < -0.4 is 0 Å². The summed E-state index contributed by atoms with van der Waals surface area (Å²) < 4.78 is 39.1. The summed E-state index contributed by atoms with van der Waals surface area (Å²) in [6.45, 7) is -0.502. The van der Waals surface area contributed by atoms with Gasteiger partial charge in [-0.3, -0.25) is 9.59 Å². The molecule has 1 saturated heterocycles. The SMILES string of the molecule is CN1CC(C(=O)ON2C(=O)c3ccccc3C2=O)C(C(F)(F)F)C1. The van der Waals surface area contributed by atoms with Crippen molar-refractivity contribution in [2.45, 2.75) is 6.18 Å². The smallest absolute Gasteiger partial charge is 0.329 e. The number of hydrogen-bond acceptors (Lipinski definition) is 5. The lowest BCUT2D eigenvalue weighted by Crippen LogP contribution is -2.40. The van der Waals surface area contributed by atoms with Gasteiger partial charge in [0.15, 0.2) is 0 Å². The molecule has 0 saturated carbocycles. The predicted octanol–water partition coefficient (Wildman–Crippen LogP) is 1.48. The number of carbonyl (C=O) groups excluding carboxylic acids is 3. The average molecular weight is 342 g/mol. The number of alkyl halides is 3. The van der Waals surface area contributed by atoms with Crippen LogP contribution in [0.15, 0.2) is 24.3 Å². The highest BCUT2D eigenvalue weighted by Gasteiger charge is 2.53. The first kappa shape index (κ1) is 16.4. The molecule has 0 spiro atoms. The van der Waals surface area contributed by atoms with Crippen molar-refractivity contribution in [2.24, 2.45) is 11.8 Å². The van der Waals surface area contributed by atoms with E-state index >= 15 is 0 Å². The van der Waals surface area contributed by atoms with Crippen LogP contribution >= 0.6 is 0 Å². The molecule has 6 nitrogen and oxygen atoms in total. The van der Waals surface area contributed by atoms with Crippen LogP contribution in [0.1, 0.15) is 20.7 Å². The quantitative estimate of drug-likeness (QED) is 0.762. The lowest BCUT2D eigenvalue weighted by atomic mass is 9.96. The largest absolute Gasteiger partial charge is 0.393 e. The second kappa shape index (κ2) is 5.59. The van der Waals surface area contributed by atoms with E-state index in [4.69, 9.17) is 4.84 Å². The maximum atomic E-state index is 13.0. The number of hydroxylamine groups is 2. The van der Waals surface area contributed by atoms with E-state index in [2.05, 4.69) is 0 Å². The van der Waals surface area contributed by atoms with Crippen LogP contribution in [0.3, 0.4) is 0 Å². The molecule has 2 heterocycles. The molecule has 0 radical (unpaired) electrons. The fourth-order valence-electron chi connectivity index (χ4n) is 2.98. The van der Waals surface area contributed by atoms with Crippen LogP contribution in [0.2, 0.25) is 0 Å². The van der Waals surface area contributed by atoms with Crippen LogP contribution in [0.5, 0.6) is 0 Å². The highest BCUT2D eigenvalue weighted by atomic mass is 19.4. The van der Waals surface area contributed by atoms with Crippen LogP contribution in [-0.2, 0) is 9.63 Å². The second-order valence-corrected chi connectivity index (χ2v) is 5.84. The minimum absolute atomic E-state index is 0.0474. The first-order valence-corrected chi connectivity index (χ1v) is 7.15. The van der Waals surface area contributed by atoms with Gasteiger partial charge in [0.1, 0.15) is 0 Å². The molecule has 1 fully saturated rings. The highest BCUT2D eigenvalue weighted by Crippen LogP contribution is 2.38. The van der Waals surface area contributed by atoms with Crippen molar-refractivity contribution in [3.63, 3.8) is 0 Å². The molecule has 2 aliphatic rings. The highest BCUT2D eigenvalue weighted by molar-refractivity contribution is 6.20. The average Bonchev–Trinajstić information content (AvgIpc) is 3.02. The fraction of sp³-hybridized carbons (Fsp3) is 0.400. The van der Waals surface area contributed by atoms with Crippen LogP contribution in [0.25, 0.3) is 0 Å². The number of halogens is 3.